The molecule has 1 atom stereocenters. The third-order valence-corrected chi connectivity index (χ3v) is 2.36. The minimum Gasteiger partial charge on any atom is -0.379 e. The van der Waals surface area contributed by atoms with Crippen molar-refractivity contribution in [3.05, 3.63) is 29.3 Å². The summed E-state index contributed by atoms with van der Waals surface area (Å²) in [5, 5.41) is 3.18. The molecule has 64 valence electrons. The molecule has 0 bridgehead atoms. The Morgan fingerprint density at radius 1 is 1.58 bits per heavy atom. The summed E-state index contributed by atoms with van der Waals surface area (Å²) >= 11 is 0. The number of alkyl halides is 1. The van der Waals surface area contributed by atoms with Crippen molar-refractivity contribution >= 4 is 5.69 Å². The van der Waals surface area contributed by atoms with Gasteiger partial charge in [0.2, 0.25) is 0 Å². The molecule has 1 aromatic carbocycles. The van der Waals surface area contributed by atoms with Crippen LogP contribution in [0.3, 0.4) is 0 Å². The fraction of sp³-hybridized carbons (Fsp3) is 0.400. The molecule has 1 unspecified atom stereocenters. The lowest BCUT2D eigenvalue weighted by Crippen LogP contribution is -2.17. The van der Waals surface area contributed by atoms with Gasteiger partial charge in [-0.2, -0.15) is 0 Å². The Morgan fingerprint density at radius 3 is 3.08 bits per heavy atom. The van der Waals surface area contributed by atoms with Crippen LogP contribution in [0.4, 0.5) is 10.1 Å². The molecule has 0 aliphatic carbocycles. The maximum absolute atomic E-state index is 12.3. The highest BCUT2D eigenvalue weighted by Crippen LogP contribution is 2.28. The molecule has 1 N–H and O–H groups in total. The number of para-hydroxylation sites is 1. The van der Waals surface area contributed by atoms with Crippen LogP contribution in [0.2, 0.25) is 0 Å². The van der Waals surface area contributed by atoms with E-state index < -0.39 is 0 Å². The molecule has 1 aliphatic rings. The molecule has 12 heavy (non-hydrogen) atoms. The third-order valence-electron chi connectivity index (χ3n) is 2.36. The number of benzene rings is 1. The predicted octanol–water partition coefficient (Wildman–Crippen LogP) is 2.30. The molecular weight excluding hydrogens is 153 g/mol. The van der Waals surface area contributed by atoms with E-state index in [0.717, 1.165) is 12.1 Å². The second-order valence-electron chi connectivity index (χ2n) is 3.31. The van der Waals surface area contributed by atoms with Gasteiger partial charge < -0.3 is 5.32 Å². The second kappa shape index (κ2) is 2.77. The average molecular weight is 165 g/mol. The number of rotatable bonds is 1. The fourth-order valence-electron chi connectivity index (χ4n) is 1.72. The number of anilines is 1. The number of hydrogen-bond donors (Lipinski definition) is 1. The fourth-order valence-corrected chi connectivity index (χ4v) is 1.72. The zero-order chi connectivity index (χ0) is 8.55. The summed E-state index contributed by atoms with van der Waals surface area (Å²) in [6, 6.07) is 6.13. The van der Waals surface area contributed by atoms with Gasteiger partial charge in [-0.3, -0.25) is 0 Å². The van der Waals surface area contributed by atoms with Gasteiger partial charge in [0.15, 0.2) is 0 Å². The van der Waals surface area contributed by atoms with Crippen LogP contribution < -0.4 is 5.32 Å². The van der Waals surface area contributed by atoms with Gasteiger partial charge in [0.05, 0.1) is 6.04 Å². The quantitative estimate of drug-likeness (QED) is 0.673. The van der Waals surface area contributed by atoms with Gasteiger partial charge in [-0.1, -0.05) is 18.2 Å². The molecule has 1 heterocycles. The molecule has 0 fully saturated rings. The topological polar surface area (TPSA) is 12.0 Å². The Bertz CT molecular complexity index is 296. The van der Waals surface area contributed by atoms with Crippen molar-refractivity contribution in [1.29, 1.82) is 0 Å². The zero-order valence-electron chi connectivity index (χ0n) is 7.10. The van der Waals surface area contributed by atoms with Crippen LogP contribution in [0.25, 0.3) is 0 Å². The first-order valence-electron chi connectivity index (χ1n) is 4.22. The standard InChI is InChI=1S/C10H12FN/c1-7-3-2-4-8-5-9(6-11)12-10(7)8/h2-4,9,12H,5-6H2,1H3. The molecule has 0 aromatic heterocycles. The summed E-state index contributed by atoms with van der Waals surface area (Å²) in [5.41, 5.74) is 3.60. The van der Waals surface area contributed by atoms with Crippen LogP contribution in [-0.4, -0.2) is 12.7 Å². The number of nitrogens with one attached hydrogen (secondary N) is 1. The number of halogens is 1. The summed E-state index contributed by atoms with van der Waals surface area (Å²) in [5.74, 6) is 0. The van der Waals surface area contributed by atoms with Gasteiger partial charge in [0.25, 0.3) is 0 Å². The Balaban J connectivity index is 2.35. The van der Waals surface area contributed by atoms with Crippen LogP contribution in [0.5, 0.6) is 0 Å². The molecule has 0 saturated carbocycles. The minimum absolute atomic E-state index is 0.00102. The lowest BCUT2D eigenvalue weighted by atomic mass is 10.1. The summed E-state index contributed by atoms with van der Waals surface area (Å²) < 4.78 is 12.3. The van der Waals surface area contributed by atoms with E-state index in [4.69, 9.17) is 0 Å². The largest absolute Gasteiger partial charge is 0.379 e. The van der Waals surface area contributed by atoms with Crippen LogP contribution >= 0.6 is 0 Å². The molecular formula is C10H12FN. The highest BCUT2D eigenvalue weighted by Gasteiger charge is 2.20. The van der Waals surface area contributed by atoms with E-state index in [9.17, 15) is 4.39 Å². The van der Waals surface area contributed by atoms with Crippen LogP contribution in [0.15, 0.2) is 18.2 Å². The summed E-state index contributed by atoms with van der Waals surface area (Å²) in [7, 11) is 0. The Kier molecular flexibility index (Phi) is 1.75. The number of hydrogen-bond acceptors (Lipinski definition) is 1. The van der Waals surface area contributed by atoms with E-state index in [0.29, 0.717) is 0 Å². The van der Waals surface area contributed by atoms with Gasteiger partial charge in [0, 0.05) is 5.69 Å². The van der Waals surface area contributed by atoms with Crippen molar-refractivity contribution in [3.8, 4) is 0 Å². The lowest BCUT2D eigenvalue weighted by Gasteiger charge is -2.06. The van der Waals surface area contributed by atoms with Crippen LogP contribution in [-0.2, 0) is 6.42 Å². The van der Waals surface area contributed by atoms with Gasteiger partial charge in [-0.15, -0.1) is 0 Å². The molecule has 0 saturated heterocycles. The van der Waals surface area contributed by atoms with Gasteiger partial charge in [-0.25, -0.2) is 4.39 Å². The first-order valence-corrected chi connectivity index (χ1v) is 4.22. The smallest absolute Gasteiger partial charge is 0.110 e. The molecule has 1 aliphatic heterocycles. The van der Waals surface area contributed by atoms with E-state index in [-0.39, 0.29) is 12.7 Å². The van der Waals surface area contributed by atoms with Crippen molar-refractivity contribution < 1.29 is 4.39 Å². The normalized spacial score (nSPS) is 20.3. The summed E-state index contributed by atoms with van der Waals surface area (Å²) in [4.78, 5) is 0. The van der Waals surface area contributed by atoms with Crippen molar-refractivity contribution in [1.82, 2.24) is 0 Å². The Hall–Kier alpha value is -1.05. The number of fused-ring (bicyclic) bond motifs is 1. The maximum Gasteiger partial charge on any atom is 0.110 e. The van der Waals surface area contributed by atoms with Gasteiger partial charge in [-0.05, 0) is 24.5 Å². The highest BCUT2D eigenvalue weighted by molar-refractivity contribution is 5.61. The molecule has 2 rings (SSSR count). The Labute approximate surface area is 71.6 Å². The average Bonchev–Trinajstić information content (AvgIpc) is 2.49. The molecule has 1 nitrogen and oxygen atoms in total. The van der Waals surface area contributed by atoms with Crippen molar-refractivity contribution in [2.24, 2.45) is 0 Å². The SMILES string of the molecule is Cc1cccc2c1NC(CF)C2. The molecule has 0 radical (unpaired) electrons. The third kappa shape index (κ3) is 1.07. The van der Waals surface area contributed by atoms with Crippen molar-refractivity contribution in [2.45, 2.75) is 19.4 Å². The van der Waals surface area contributed by atoms with E-state index in [2.05, 4.69) is 11.4 Å². The monoisotopic (exact) mass is 165 g/mol. The molecule has 1 aromatic rings. The minimum atomic E-state index is -0.284. The summed E-state index contributed by atoms with van der Waals surface area (Å²) in [6.45, 7) is 1.76. The maximum atomic E-state index is 12.3. The molecule has 2 heteroatoms. The van der Waals surface area contributed by atoms with Crippen molar-refractivity contribution in [3.63, 3.8) is 0 Å². The van der Waals surface area contributed by atoms with E-state index in [1.807, 2.05) is 19.1 Å². The number of aryl methyl sites for hydroxylation is 1. The van der Waals surface area contributed by atoms with Gasteiger partial charge >= 0.3 is 0 Å². The molecule has 0 spiro atoms. The lowest BCUT2D eigenvalue weighted by molar-refractivity contribution is 0.450. The van der Waals surface area contributed by atoms with E-state index in [1.54, 1.807) is 0 Å². The molecule has 0 amide bonds. The van der Waals surface area contributed by atoms with Gasteiger partial charge in [0.1, 0.15) is 6.67 Å². The summed E-state index contributed by atoms with van der Waals surface area (Å²) in [6.07, 6.45) is 0.827. The van der Waals surface area contributed by atoms with E-state index in [1.165, 1.54) is 11.1 Å². The first kappa shape index (κ1) is 7.59. The van der Waals surface area contributed by atoms with E-state index >= 15 is 0 Å². The predicted molar refractivity (Wildman–Crippen MR) is 48.3 cm³/mol. The van der Waals surface area contributed by atoms with Crippen LogP contribution in [0.1, 0.15) is 11.1 Å². The Morgan fingerprint density at radius 2 is 2.42 bits per heavy atom. The first-order chi connectivity index (χ1) is 5.81. The highest BCUT2D eigenvalue weighted by atomic mass is 19.1. The van der Waals surface area contributed by atoms with Crippen LogP contribution in [0, 0.1) is 6.92 Å². The van der Waals surface area contributed by atoms with Crippen molar-refractivity contribution in [2.75, 3.05) is 12.0 Å². The zero-order valence-corrected chi connectivity index (χ0v) is 7.10. The second-order valence-corrected chi connectivity index (χ2v) is 3.31.